The molecule has 8 heteroatoms. The lowest BCUT2D eigenvalue weighted by Gasteiger charge is -2.10. The fourth-order valence-corrected chi connectivity index (χ4v) is 3.13. The van der Waals surface area contributed by atoms with Crippen molar-refractivity contribution in [2.45, 2.75) is 33.2 Å². The molecule has 4 rings (SSSR count). The summed E-state index contributed by atoms with van der Waals surface area (Å²) >= 11 is 0. The number of nitrogens with zero attached hydrogens (tertiary/aromatic N) is 4. The highest BCUT2D eigenvalue weighted by Crippen LogP contribution is 2.32. The molecule has 1 aliphatic rings. The van der Waals surface area contributed by atoms with Gasteiger partial charge in [-0.15, -0.1) is 10.2 Å². The number of carbonyl (C=O) groups is 1. The van der Waals surface area contributed by atoms with Gasteiger partial charge in [-0.05, 0) is 43.5 Å². The first-order valence-electron chi connectivity index (χ1n) is 8.43. The normalized spacial score (nSPS) is 12.5. The summed E-state index contributed by atoms with van der Waals surface area (Å²) in [6, 6.07) is 5.67. The number of ether oxygens (including phenoxy) is 2. The van der Waals surface area contributed by atoms with Crippen LogP contribution in [0.25, 0.3) is 5.65 Å². The molecule has 26 heavy (non-hydrogen) atoms. The van der Waals surface area contributed by atoms with Gasteiger partial charge >= 0.3 is 0 Å². The Hall–Kier alpha value is -3.16. The van der Waals surface area contributed by atoms with E-state index in [9.17, 15) is 4.79 Å². The smallest absolute Gasteiger partial charge is 0.231 e. The summed E-state index contributed by atoms with van der Waals surface area (Å²) in [5.41, 5.74) is 4.65. The highest BCUT2D eigenvalue weighted by molar-refractivity contribution is 5.76. The molecule has 0 unspecified atom stereocenters. The lowest BCUT2D eigenvalue weighted by molar-refractivity contribution is -0.121. The van der Waals surface area contributed by atoms with Crippen LogP contribution in [-0.2, 0) is 17.8 Å². The van der Waals surface area contributed by atoms with Crippen molar-refractivity contribution >= 4 is 11.6 Å². The zero-order chi connectivity index (χ0) is 18.1. The van der Waals surface area contributed by atoms with Gasteiger partial charge in [-0.2, -0.15) is 5.10 Å². The zero-order valence-electron chi connectivity index (χ0n) is 14.7. The number of hydrogen-bond acceptors (Lipinski definition) is 6. The molecule has 8 nitrogen and oxygen atoms in total. The van der Waals surface area contributed by atoms with E-state index in [1.54, 1.807) is 10.8 Å². The van der Waals surface area contributed by atoms with Crippen LogP contribution in [0.4, 0.5) is 0 Å². The highest BCUT2D eigenvalue weighted by atomic mass is 16.7. The molecule has 1 N–H and O–H groups in total. The van der Waals surface area contributed by atoms with Crippen LogP contribution in [0.1, 0.15) is 28.8 Å². The van der Waals surface area contributed by atoms with E-state index in [2.05, 4.69) is 20.6 Å². The third-order valence-corrected chi connectivity index (χ3v) is 4.54. The van der Waals surface area contributed by atoms with Crippen LogP contribution in [0.5, 0.6) is 11.5 Å². The van der Waals surface area contributed by atoms with E-state index in [0.29, 0.717) is 19.4 Å². The second kappa shape index (κ2) is 6.62. The first-order chi connectivity index (χ1) is 12.6. The fourth-order valence-electron chi connectivity index (χ4n) is 3.13. The standard InChI is InChI=1S/C18H19N5O3/c1-11-14(12(2)22-23-9-20-21-18(11)23)4-6-17(24)19-8-13-3-5-15-16(7-13)26-10-25-15/h3,5,7,9H,4,6,8,10H2,1-2H3,(H,19,24). The topological polar surface area (TPSA) is 90.6 Å². The molecule has 2 aromatic heterocycles. The Morgan fingerprint density at radius 3 is 3.00 bits per heavy atom. The molecule has 0 saturated heterocycles. The average molecular weight is 353 g/mol. The Labute approximate surface area is 150 Å². The Morgan fingerprint density at radius 2 is 2.12 bits per heavy atom. The maximum absolute atomic E-state index is 12.2. The van der Waals surface area contributed by atoms with E-state index in [4.69, 9.17) is 9.47 Å². The lowest BCUT2D eigenvalue weighted by atomic mass is 10.0. The molecule has 0 aliphatic carbocycles. The molecular weight excluding hydrogens is 334 g/mol. The number of nitrogens with one attached hydrogen (secondary N) is 1. The Balaban J connectivity index is 1.37. The summed E-state index contributed by atoms with van der Waals surface area (Å²) in [7, 11) is 0. The minimum absolute atomic E-state index is 0.0113. The van der Waals surface area contributed by atoms with Gasteiger partial charge in [0.1, 0.15) is 6.33 Å². The van der Waals surface area contributed by atoms with Crippen LogP contribution in [0, 0.1) is 13.8 Å². The Bertz CT molecular complexity index is 982. The molecule has 1 aromatic carbocycles. The molecular formula is C18H19N5O3. The highest BCUT2D eigenvalue weighted by Gasteiger charge is 2.15. The Kier molecular flexibility index (Phi) is 4.16. The maximum atomic E-state index is 12.2. The molecule has 0 saturated carbocycles. The van der Waals surface area contributed by atoms with E-state index in [1.807, 2.05) is 32.0 Å². The molecule has 0 fully saturated rings. The summed E-state index contributed by atoms with van der Waals surface area (Å²) in [6.07, 6.45) is 2.58. The van der Waals surface area contributed by atoms with Crippen LogP contribution in [0.3, 0.4) is 0 Å². The van der Waals surface area contributed by atoms with Crippen LogP contribution in [0.2, 0.25) is 0 Å². The van der Waals surface area contributed by atoms with Crippen molar-refractivity contribution in [1.29, 1.82) is 0 Å². The van der Waals surface area contributed by atoms with Crippen LogP contribution in [-0.4, -0.2) is 32.5 Å². The SMILES string of the molecule is Cc1nn2cnnc2c(C)c1CCC(=O)NCc1ccc2c(c1)OCO2. The molecule has 3 aromatic rings. The third kappa shape index (κ3) is 3.05. The molecule has 1 aliphatic heterocycles. The van der Waals surface area contributed by atoms with Crippen molar-refractivity contribution < 1.29 is 14.3 Å². The summed E-state index contributed by atoms with van der Waals surface area (Å²) < 4.78 is 12.3. The van der Waals surface area contributed by atoms with Gasteiger partial charge in [0.15, 0.2) is 17.1 Å². The number of fused-ring (bicyclic) bond motifs is 2. The number of amides is 1. The van der Waals surface area contributed by atoms with E-state index in [0.717, 1.165) is 39.5 Å². The average Bonchev–Trinajstić information content (AvgIpc) is 3.28. The van der Waals surface area contributed by atoms with Crippen molar-refractivity contribution in [3.8, 4) is 11.5 Å². The van der Waals surface area contributed by atoms with E-state index >= 15 is 0 Å². The van der Waals surface area contributed by atoms with Gasteiger partial charge in [0.2, 0.25) is 12.7 Å². The third-order valence-electron chi connectivity index (χ3n) is 4.54. The second-order valence-corrected chi connectivity index (χ2v) is 6.25. The molecule has 134 valence electrons. The summed E-state index contributed by atoms with van der Waals surface area (Å²) in [5, 5.41) is 15.3. The number of carbonyl (C=O) groups excluding carboxylic acids is 1. The first-order valence-corrected chi connectivity index (χ1v) is 8.43. The molecule has 0 spiro atoms. The molecule has 0 atom stereocenters. The van der Waals surface area contributed by atoms with Crippen LogP contribution in [0.15, 0.2) is 24.5 Å². The van der Waals surface area contributed by atoms with Crippen molar-refractivity contribution in [2.24, 2.45) is 0 Å². The molecule has 0 radical (unpaired) electrons. The van der Waals surface area contributed by atoms with Crippen molar-refractivity contribution in [3.05, 3.63) is 46.9 Å². The van der Waals surface area contributed by atoms with Crippen LogP contribution < -0.4 is 14.8 Å². The van der Waals surface area contributed by atoms with Gasteiger partial charge in [-0.1, -0.05) is 6.07 Å². The number of benzene rings is 1. The van der Waals surface area contributed by atoms with E-state index in [1.165, 1.54) is 0 Å². The van der Waals surface area contributed by atoms with Gasteiger partial charge in [0.25, 0.3) is 0 Å². The molecule has 3 heterocycles. The molecule has 0 bridgehead atoms. The predicted molar refractivity (Wildman–Crippen MR) is 93.0 cm³/mol. The van der Waals surface area contributed by atoms with E-state index in [-0.39, 0.29) is 12.7 Å². The number of rotatable bonds is 5. The van der Waals surface area contributed by atoms with Gasteiger partial charge in [0, 0.05) is 18.5 Å². The molecule has 1 amide bonds. The number of aryl methyl sites for hydroxylation is 2. The van der Waals surface area contributed by atoms with Gasteiger partial charge < -0.3 is 14.8 Å². The summed E-state index contributed by atoms with van der Waals surface area (Å²) in [4.78, 5) is 12.2. The summed E-state index contributed by atoms with van der Waals surface area (Å²) in [6.45, 7) is 4.62. The maximum Gasteiger partial charge on any atom is 0.231 e. The Morgan fingerprint density at radius 1 is 1.27 bits per heavy atom. The van der Waals surface area contributed by atoms with Gasteiger partial charge in [-0.3, -0.25) is 4.79 Å². The largest absolute Gasteiger partial charge is 0.454 e. The van der Waals surface area contributed by atoms with Crippen LogP contribution >= 0.6 is 0 Å². The second-order valence-electron chi connectivity index (χ2n) is 6.25. The van der Waals surface area contributed by atoms with E-state index < -0.39 is 0 Å². The van der Waals surface area contributed by atoms with Gasteiger partial charge in [0.05, 0.1) is 5.69 Å². The predicted octanol–water partition coefficient (Wildman–Crippen LogP) is 1.72. The van der Waals surface area contributed by atoms with Crippen molar-refractivity contribution in [2.75, 3.05) is 6.79 Å². The van der Waals surface area contributed by atoms with Crippen molar-refractivity contribution in [1.82, 2.24) is 25.1 Å². The minimum atomic E-state index is -0.0113. The number of hydrogen-bond donors (Lipinski definition) is 1. The fraction of sp³-hybridized carbons (Fsp3) is 0.333. The monoisotopic (exact) mass is 353 g/mol. The van der Waals surface area contributed by atoms with Crippen molar-refractivity contribution in [3.63, 3.8) is 0 Å². The first kappa shape index (κ1) is 16.3. The summed E-state index contributed by atoms with van der Waals surface area (Å²) in [5.74, 6) is 1.45. The number of aromatic nitrogens is 4. The zero-order valence-corrected chi connectivity index (χ0v) is 14.7. The quantitative estimate of drug-likeness (QED) is 0.751. The lowest BCUT2D eigenvalue weighted by Crippen LogP contribution is -2.23. The minimum Gasteiger partial charge on any atom is -0.454 e. The van der Waals surface area contributed by atoms with Gasteiger partial charge in [-0.25, -0.2) is 4.52 Å².